The first kappa shape index (κ1) is 11.9. The Balaban J connectivity index is 1.73. The van der Waals surface area contributed by atoms with E-state index < -0.39 is 0 Å². The fraction of sp³-hybridized carbons (Fsp3) is 0.667. The molecule has 1 aromatic rings. The van der Waals surface area contributed by atoms with Crippen molar-refractivity contribution in [3.63, 3.8) is 0 Å². The minimum atomic E-state index is 0.671. The molecule has 0 atom stereocenters. The maximum Gasteiger partial charge on any atom is 0.0468 e. The lowest BCUT2D eigenvalue weighted by Crippen LogP contribution is -2.42. The van der Waals surface area contributed by atoms with E-state index in [4.69, 9.17) is 5.73 Å². The summed E-state index contributed by atoms with van der Waals surface area (Å²) in [7, 11) is 0. The molecule has 2 heterocycles. The number of piperidine rings is 1. The first-order valence-corrected chi connectivity index (χ1v) is 6.95. The Hall–Kier alpha value is -0.580. The van der Waals surface area contributed by atoms with Crippen LogP contribution in [0.25, 0.3) is 0 Å². The molecule has 3 nitrogen and oxygen atoms in total. The van der Waals surface area contributed by atoms with E-state index in [2.05, 4.69) is 22.5 Å². The van der Waals surface area contributed by atoms with Crippen LogP contribution >= 0.6 is 11.3 Å². The highest BCUT2D eigenvalue weighted by atomic mass is 32.1. The molecular weight excluding hydrogens is 218 g/mol. The molecule has 3 N–H and O–H groups in total. The number of rotatable bonds is 4. The van der Waals surface area contributed by atoms with Crippen LogP contribution in [0.3, 0.4) is 0 Å². The largest absolute Gasteiger partial charge is 0.398 e. The average molecular weight is 239 g/mol. The summed E-state index contributed by atoms with van der Waals surface area (Å²) in [6.07, 6.45) is 2.53. The summed E-state index contributed by atoms with van der Waals surface area (Å²) in [5.74, 6) is 0. The van der Waals surface area contributed by atoms with Gasteiger partial charge in [-0.25, -0.2) is 0 Å². The molecule has 1 aliphatic rings. The molecule has 0 bridgehead atoms. The lowest BCUT2D eigenvalue weighted by molar-refractivity contribution is 0.206. The fourth-order valence-corrected chi connectivity index (χ4v) is 2.93. The SMILES string of the molecule is CCN1CCC(NCc2sccc2N)CC1. The van der Waals surface area contributed by atoms with Gasteiger partial charge in [0.25, 0.3) is 0 Å². The summed E-state index contributed by atoms with van der Waals surface area (Å²) in [5.41, 5.74) is 6.80. The molecule has 16 heavy (non-hydrogen) atoms. The van der Waals surface area contributed by atoms with Crippen LogP contribution in [0.2, 0.25) is 0 Å². The van der Waals surface area contributed by atoms with Gasteiger partial charge in [0.1, 0.15) is 0 Å². The van der Waals surface area contributed by atoms with E-state index in [9.17, 15) is 0 Å². The summed E-state index contributed by atoms with van der Waals surface area (Å²) < 4.78 is 0. The average Bonchev–Trinajstić information content (AvgIpc) is 2.73. The predicted molar refractivity (Wildman–Crippen MR) is 70.7 cm³/mol. The number of nitrogens with one attached hydrogen (secondary N) is 1. The Morgan fingerprint density at radius 1 is 1.50 bits per heavy atom. The van der Waals surface area contributed by atoms with Crippen molar-refractivity contribution in [2.75, 3.05) is 25.4 Å². The highest BCUT2D eigenvalue weighted by Crippen LogP contribution is 2.19. The van der Waals surface area contributed by atoms with Gasteiger partial charge in [-0.15, -0.1) is 11.3 Å². The molecule has 4 heteroatoms. The standard InChI is InChI=1S/C12H21N3S/c1-2-15-6-3-10(4-7-15)14-9-12-11(13)5-8-16-12/h5,8,10,14H,2-4,6-7,9,13H2,1H3. The van der Waals surface area contributed by atoms with Gasteiger partial charge in [-0.3, -0.25) is 0 Å². The first-order chi connectivity index (χ1) is 7.79. The van der Waals surface area contributed by atoms with Crippen molar-refractivity contribution in [1.82, 2.24) is 10.2 Å². The van der Waals surface area contributed by atoms with Crippen molar-refractivity contribution in [3.8, 4) is 0 Å². The van der Waals surface area contributed by atoms with Crippen LogP contribution in [-0.2, 0) is 6.54 Å². The molecule has 0 radical (unpaired) electrons. The van der Waals surface area contributed by atoms with Crippen molar-refractivity contribution in [1.29, 1.82) is 0 Å². The number of likely N-dealkylation sites (tertiary alicyclic amines) is 1. The van der Waals surface area contributed by atoms with Crippen molar-refractivity contribution < 1.29 is 0 Å². The molecule has 1 fully saturated rings. The molecule has 1 saturated heterocycles. The van der Waals surface area contributed by atoms with Crippen LogP contribution in [0.4, 0.5) is 5.69 Å². The van der Waals surface area contributed by atoms with Gasteiger partial charge in [0, 0.05) is 23.2 Å². The summed E-state index contributed by atoms with van der Waals surface area (Å²) in [5, 5.41) is 5.67. The van der Waals surface area contributed by atoms with Crippen molar-refractivity contribution >= 4 is 17.0 Å². The number of nitrogen functional groups attached to an aromatic ring is 1. The Morgan fingerprint density at radius 3 is 2.81 bits per heavy atom. The van der Waals surface area contributed by atoms with Crippen LogP contribution in [-0.4, -0.2) is 30.6 Å². The predicted octanol–water partition coefficient (Wildman–Crippen LogP) is 1.90. The zero-order valence-corrected chi connectivity index (χ0v) is 10.7. The highest BCUT2D eigenvalue weighted by molar-refractivity contribution is 7.10. The van der Waals surface area contributed by atoms with E-state index in [1.165, 1.54) is 37.4 Å². The number of nitrogens with zero attached hydrogens (tertiary/aromatic N) is 1. The highest BCUT2D eigenvalue weighted by Gasteiger charge is 2.17. The fourth-order valence-electron chi connectivity index (χ4n) is 2.18. The number of anilines is 1. The molecule has 0 aliphatic carbocycles. The molecule has 0 spiro atoms. The van der Waals surface area contributed by atoms with Crippen LogP contribution in [0.15, 0.2) is 11.4 Å². The van der Waals surface area contributed by atoms with Gasteiger partial charge >= 0.3 is 0 Å². The Bertz CT molecular complexity index is 316. The molecule has 1 aliphatic heterocycles. The minimum absolute atomic E-state index is 0.671. The van der Waals surface area contributed by atoms with E-state index in [-0.39, 0.29) is 0 Å². The van der Waals surface area contributed by atoms with E-state index in [1.807, 2.05) is 6.07 Å². The molecule has 0 saturated carbocycles. The Kier molecular flexibility index (Phi) is 4.21. The van der Waals surface area contributed by atoms with Gasteiger partial charge in [-0.2, -0.15) is 0 Å². The smallest absolute Gasteiger partial charge is 0.0468 e. The second-order valence-electron chi connectivity index (χ2n) is 4.39. The number of nitrogens with two attached hydrogens (primary N) is 1. The van der Waals surface area contributed by atoms with E-state index in [0.29, 0.717) is 6.04 Å². The summed E-state index contributed by atoms with van der Waals surface area (Å²) >= 11 is 1.75. The monoisotopic (exact) mass is 239 g/mol. The van der Waals surface area contributed by atoms with Crippen molar-refractivity contribution in [3.05, 3.63) is 16.3 Å². The zero-order chi connectivity index (χ0) is 11.4. The summed E-state index contributed by atoms with van der Waals surface area (Å²) in [6.45, 7) is 6.81. The Labute approximate surface area is 102 Å². The van der Waals surface area contributed by atoms with Crippen LogP contribution < -0.4 is 11.1 Å². The van der Waals surface area contributed by atoms with Gasteiger partial charge in [-0.05, 0) is 43.9 Å². The topological polar surface area (TPSA) is 41.3 Å². The molecule has 2 rings (SSSR count). The normalized spacial score (nSPS) is 19.1. The third kappa shape index (κ3) is 2.97. The number of thiophene rings is 1. The van der Waals surface area contributed by atoms with E-state index in [1.54, 1.807) is 11.3 Å². The molecule has 0 aromatic carbocycles. The molecular formula is C12H21N3S. The van der Waals surface area contributed by atoms with E-state index >= 15 is 0 Å². The van der Waals surface area contributed by atoms with Gasteiger partial charge in [-0.1, -0.05) is 6.92 Å². The number of hydrogen-bond acceptors (Lipinski definition) is 4. The zero-order valence-electron chi connectivity index (χ0n) is 9.91. The molecule has 1 aromatic heterocycles. The molecule has 90 valence electrons. The summed E-state index contributed by atoms with van der Waals surface area (Å²) in [6, 6.07) is 2.66. The van der Waals surface area contributed by atoms with Gasteiger partial charge < -0.3 is 16.0 Å². The van der Waals surface area contributed by atoms with Crippen molar-refractivity contribution in [2.24, 2.45) is 0 Å². The minimum Gasteiger partial charge on any atom is -0.398 e. The van der Waals surface area contributed by atoms with Crippen LogP contribution in [0.1, 0.15) is 24.6 Å². The Morgan fingerprint density at radius 2 is 2.25 bits per heavy atom. The van der Waals surface area contributed by atoms with Gasteiger partial charge in [0.05, 0.1) is 0 Å². The van der Waals surface area contributed by atoms with Gasteiger partial charge in [0.2, 0.25) is 0 Å². The third-order valence-electron chi connectivity index (χ3n) is 3.37. The first-order valence-electron chi connectivity index (χ1n) is 6.07. The van der Waals surface area contributed by atoms with Crippen LogP contribution in [0.5, 0.6) is 0 Å². The van der Waals surface area contributed by atoms with Gasteiger partial charge in [0.15, 0.2) is 0 Å². The van der Waals surface area contributed by atoms with Crippen molar-refractivity contribution in [2.45, 2.75) is 32.4 Å². The lowest BCUT2D eigenvalue weighted by Gasteiger charge is -2.31. The number of hydrogen-bond donors (Lipinski definition) is 2. The lowest BCUT2D eigenvalue weighted by atomic mass is 10.1. The maximum absolute atomic E-state index is 5.86. The van der Waals surface area contributed by atoms with Crippen LogP contribution in [0, 0.1) is 0 Å². The quantitative estimate of drug-likeness (QED) is 0.843. The third-order valence-corrected chi connectivity index (χ3v) is 4.30. The summed E-state index contributed by atoms with van der Waals surface area (Å²) in [4.78, 5) is 3.79. The second-order valence-corrected chi connectivity index (χ2v) is 5.39. The van der Waals surface area contributed by atoms with E-state index in [0.717, 1.165) is 12.2 Å². The maximum atomic E-state index is 5.86. The second kappa shape index (κ2) is 5.66. The molecule has 0 unspecified atom stereocenters. The molecule has 0 amide bonds.